The van der Waals surface area contributed by atoms with E-state index >= 15 is 0 Å². The molecule has 1 unspecified atom stereocenters. The van der Waals surface area contributed by atoms with Crippen LogP contribution in [0.5, 0.6) is 0 Å². The van der Waals surface area contributed by atoms with Crippen LogP contribution in [0, 0.1) is 13.8 Å². The largest absolute Gasteiger partial charge is 0.350 e. The van der Waals surface area contributed by atoms with Crippen LogP contribution in [0.4, 0.5) is 0 Å². The van der Waals surface area contributed by atoms with Crippen molar-refractivity contribution >= 4 is 11.8 Å². The third kappa shape index (κ3) is 5.97. The van der Waals surface area contributed by atoms with Gasteiger partial charge in [0.1, 0.15) is 0 Å². The Kier molecular flexibility index (Phi) is 7.30. The van der Waals surface area contributed by atoms with Gasteiger partial charge in [0.05, 0.1) is 0 Å². The SMILES string of the molecule is CCCC(CNC(=O)c1ccc(-c2nc(C)no2)cc1)NC(=O)c1ccc(-c2nc(C)no2)cc1. The third-order valence-corrected chi connectivity index (χ3v) is 5.32. The molecule has 2 heterocycles. The highest BCUT2D eigenvalue weighted by Crippen LogP contribution is 2.19. The molecule has 0 bridgehead atoms. The second-order valence-electron chi connectivity index (χ2n) is 8.12. The zero-order valence-electron chi connectivity index (χ0n) is 19.7. The van der Waals surface area contributed by atoms with Crippen LogP contribution >= 0.6 is 0 Å². The first-order valence-corrected chi connectivity index (χ1v) is 11.3. The number of nitrogens with zero attached hydrogens (tertiary/aromatic N) is 4. The Morgan fingerprint density at radius 1 is 0.800 bits per heavy atom. The smallest absolute Gasteiger partial charge is 0.257 e. The van der Waals surface area contributed by atoms with Gasteiger partial charge in [0.25, 0.3) is 23.6 Å². The minimum atomic E-state index is -0.229. The van der Waals surface area contributed by atoms with Crippen molar-refractivity contribution in [3.8, 4) is 22.9 Å². The molecule has 2 aromatic heterocycles. The molecule has 4 aromatic rings. The summed E-state index contributed by atoms with van der Waals surface area (Å²) in [7, 11) is 0. The van der Waals surface area contributed by atoms with Gasteiger partial charge < -0.3 is 19.7 Å². The highest BCUT2D eigenvalue weighted by atomic mass is 16.5. The Labute approximate surface area is 202 Å². The Bertz CT molecular complexity index is 1290. The lowest BCUT2D eigenvalue weighted by atomic mass is 10.1. The van der Waals surface area contributed by atoms with Gasteiger partial charge in [-0.1, -0.05) is 23.7 Å². The fraction of sp³-hybridized carbons (Fsp3) is 0.280. The molecule has 0 saturated carbocycles. The van der Waals surface area contributed by atoms with Crippen LogP contribution < -0.4 is 10.6 Å². The van der Waals surface area contributed by atoms with E-state index in [-0.39, 0.29) is 17.9 Å². The lowest BCUT2D eigenvalue weighted by Gasteiger charge is -2.19. The number of aryl methyl sites for hydroxylation is 2. The lowest BCUT2D eigenvalue weighted by Crippen LogP contribution is -2.43. The normalized spacial score (nSPS) is 11.7. The number of nitrogens with one attached hydrogen (secondary N) is 2. The maximum Gasteiger partial charge on any atom is 0.257 e. The molecule has 2 aromatic carbocycles. The molecule has 0 spiro atoms. The van der Waals surface area contributed by atoms with Crippen molar-refractivity contribution in [3.05, 3.63) is 71.3 Å². The van der Waals surface area contributed by atoms with E-state index in [4.69, 9.17) is 9.05 Å². The fourth-order valence-electron chi connectivity index (χ4n) is 3.52. The topological polar surface area (TPSA) is 136 Å². The van der Waals surface area contributed by atoms with E-state index in [1.54, 1.807) is 62.4 Å². The van der Waals surface area contributed by atoms with E-state index in [1.165, 1.54) is 0 Å². The highest BCUT2D eigenvalue weighted by Gasteiger charge is 2.16. The zero-order chi connectivity index (χ0) is 24.8. The lowest BCUT2D eigenvalue weighted by molar-refractivity contribution is 0.0906. The van der Waals surface area contributed by atoms with Gasteiger partial charge >= 0.3 is 0 Å². The molecule has 0 radical (unpaired) electrons. The van der Waals surface area contributed by atoms with E-state index in [1.807, 2.05) is 6.92 Å². The molecule has 35 heavy (non-hydrogen) atoms. The molecule has 4 rings (SSSR count). The second kappa shape index (κ2) is 10.7. The number of hydrogen-bond donors (Lipinski definition) is 2. The molecule has 1 atom stereocenters. The van der Waals surface area contributed by atoms with Gasteiger partial charge in [-0.05, 0) is 68.8 Å². The standard InChI is InChI=1S/C25H26N6O4/c1-4-5-21(29-23(33)18-8-12-20(13-9-18)25-28-16(3)31-35-25)14-26-22(32)17-6-10-19(11-7-17)24-27-15(2)30-34-24/h6-13,21H,4-5,14H2,1-3H3,(H,26,32)(H,29,33). The van der Waals surface area contributed by atoms with Crippen LogP contribution in [0.3, 0.4) is 0 Å². The predicted molar refractivity (Wildman–Crippen MR) is 127 cm³/mol. The van der Waals surface area contributed by atoms with Crippen LogP contribution in [0.15, 0.2) is 57.6 Å². The summed E-state index contributed by atoms with van der Waals surface area (Å²) in [5.41, 5.74) is 2.47. The summed E-state index contributed by atoms with van der Waals surface area (Å²) in [4.78, 5) is 33.8. The summed E-state index contributed by atoms with van der Waals surface area (Å²) in [6.45, 7) is 5.82. The number of aromatic nitrogens is 4. The van der Waals surface area contributed by atoms with Gasteiger partial charge in [-0.25, -0.2) is 0 Å². The number of rotatable bonds is 9. The molecule has 0 fully saturated rings. The number of carbonyl (C=O) groups is 2. The van der Waals surface area contributed by atoms with Crippen molar-refractivity contribution in [2.24, 2.45) is 0 Å². The number of carbonyl (C=O) groups excluding carboxylic acids is 2. The van der Waals surface area contributed by atoms with Crippen LogP contribution in [0.1, 0.15) is 52.1 Å². The average molecular weight is 475 g/mol. The van der Waals surface area contributed by atoms with Crippen LogP contribution in [0.25, 0.3) is 22.9 Å². The fourth-order valence-corrected chi connectivity index (χ4v) is 3.52. The van der Waals surface area contributed by atoms with Crippen LogP contribution in [-0.4, -0.2) is 44.7 Å². The van der Waals surface area contributed by atoms with Crippen molar-refractivity contribution < 1.29 is 18.6 Å². The van der Waals surface area contributed by atoms with Gasteiger partial charge in [0.15, 0.2) is 11.6 Å². The molecule has 2 amide bonds. The van der Waals surface area contributed by atoms with Gasteiger partial charge in [-0.2, -0.15) is 9.97 Å². The molecule has 0 aliphatic carbocycles. The van der Waals surface area contributed by atoms with Crippen molar-refractivity contribution in [1.29, 1.82) is 0 Å². The van der Waals surface area contributed by atoms with Crippen molar-refractivity contribution in [2.45, 2.75) is 39.7 Å². The maximum absolute atomic E-state index is 12.8. The third-order valence-electron chi connectivity index (χ3n) is 5.32. The van der Waals surface area contributed by atoms with Crippen molar-refractivity contribution in [2.75, 3.05) is 6.54 Å². The first-order valence-electron chi connectivity index (χ1n) is 11.3. The Morgan fingerprint density at radius 3 is 1.71 bits per heavy atom. The van der Waals surface area contributed by atoms with E-state index < -0.39 is 0 Å². The monoisotopic (exact) mass is 474 g/mol. The Hall–Kier alpha value is -4.34. The number of benzene rings is 2. The summed E-state index contributed by atoms with van der Waals surface area (Å²) in [5.74, 6) is 1.45. The Balaban J connectivity index is 1.33. The van der Waals surface area contributed by atoms with Crippen LogP contribution in [-0.2, 0) is 0 Å². The highest BCUT2D eigenvalue weighted by molar-refractivity contribution is 5.95. The quantitative estimate of drug-likeness (QED) is 0.374. The summed E-state index contributed by atoms with van der Waals surface area (Å²) in [6, 6.07) is 13.6. The van der Waals surface area contributed by atoms with Crippen molar-refractivity contribution in [1.82, 2.24) is 30.9 Å². The Morgan fingerprint density at radius 2 is 1.29 bits per heavy atom. The summed E-state index contributed by atoms with van der Waals surface area (Å²) < 4.78 is 10.3. The zero-order valence-corrected chi connectivity index (χ0v) is 19.7. The molecule has 10 nitrogen and oxygen atoms in total. The second-order valence-corrected chi connectivity index (χ2v) is 8.12. The van der Waals surface area contributed by atoms with Crippen molar-refractivity contribution in [3.63, 3.8) is 0 Å². The molecular weight excluding hydrogens is 448 g/mol. The maximum atomic E-state index is 12.8. The van der Waals surface area contributed by atoms with Crippen LogP contribution in [0.2, 0.25) is 0 Å². The summed E-state index contributed by atoms with van der Waals surface area (Å²) in [6.07, 6.45) is 1.58. The van der Waals surface area contributed by atoms with Gasteiger partial charge in [0, 0.05) is 34.8 Å². The van der Waals surface area contributed by atoms with E-state index in [2.05, 4.69) is 30.9 Å². The molecule has 2 N–H and O–H groups in total. The molecular formula is C25H26N6O4. The minimum absolute atomic E-state index is 0.213. The molecule has 0 saturated heterocycles. The first-order chi connectivity index (χ1) is 16.9. The first kappa shape index (κ1) is 23.8. The van der Waals surface area contributed by atoms with Gasteiger partial charge in [0.2, 0.25) is 0 Å². The van der Waals surface area contributed by atoms with E-state index in [0.29, 0.717) is 41.1 Å². The number of hydrogen-bond acceptors (Lipinski definition) is 8. The number of amides is 2. The van der Waals surface area contributed by atoms with E-state index in [9.17, 15) is 9.59 Å². The molecule has 0 aliphatic heterocycles. The van der Waals surface area contributed by atoms with Gasteiger partial charge in [-0.3, -0.25) is 9.59 Å². The summed E-state index contributed by atoms with van der Waals surface area (Å²) >= 11 is 0. The molecule has 10 heteroatoms. The van der Waals surface area contributed by atoms with Gasteiger partial charge in [-0.15, -0.1) is 0 Å². The average Bonchev–Trinajstić information content (AvgIpc) is 3.51. The van der Waals surface area contributed by atoms with E-state index in [0.717, 1.165) is 24.0 Å². The minimum Gasteiger partial charge on any atom is -0.350 e. The molecule has 180 valence electrons. The predicted octanol–water partition coefficient (Wildman–Crippen LogP) is 3.73. The molecule has 0 aliphatic rings. The summed E-state index contributed by atoms with van der Waals surface area (Å²) in [5, 5.41) is 13.5.